The Morgan fingerprint density at radius 1 is 1.05 bits per heavy atom. The predicted molar refractivity (Wildman–Crippen MR) is 153 cm³/mol. The number of tetrazole rings is 1. The lowest BCUT2D eigenvalue weighted by Gasteiger charge is -2.22. The molecule has 0 fully saturated rings. The van der Waals surface area contributed by atoms with Gasteiger partial charge in [-0.3, -0.25) is 4.79 Å². The van der Waals surface area contributed by atoms with Crippen LogP contribution in [-0.4, -0.2) is 26.5 Å². The van der Waals surface area contributed by atoms with Gasteiger partial charge in [-0.1, -0.05) is 64.1 Å². The van der Waals surface area contributed by atoms with Crippen LogP contribution in [0.5, 0.6) is 0 Å². The first-order valence-corrected chi connectivity index (χ1v) is 14.2. The van der Waals surface area contributed by atoms with Gasteiger partial charge in [-0.2, -0.15) is 5.21 Å². The third kappa shape index (κ3) is 6.48. The van der Waals surface area contributed by atoms with Crippen LogP contribution in [-0.2, 0) is 12.0 Å². The van der Waals surface area contributed by atoms with E-state index in [9.17, 15) is 4.79 Å². The van der Waals surface area contributed by atoms with Gasteiger partial charge < -0.3 is 5.32 Å². The van der Waals surface area contributed by atoms with Crippen LogP contribution in [0.2, 0.25) is 0 Å². The highest BCUT2D eigenvalue weighted by atomic mass is 32.2. The van der Waals surface area contributed by atoms with Gasteiger partial charge in [0.15, 0.2) is 5.82 Å². The number of nitrogens with zero attached hydrogens (tertiary/aromatic N) is 3. The van der Waals surface area contributed by atoms with Gasteiger partial charge in [-0.15, -0.1) is 33.3 Å². The molecular formula is C29H35N5OS2. The van der Waals surface area contributed by atoms with E-state index in [0.29, 0.717) is 16.6 Å². The van der Waals surface area contributed by atoms with Gasteiger partial charge in [0.1, 0.15) is 0 Å². The molecule has 1 unspecified atom stereocenters. The fraction of sp³-hybridized carbons (Fsp3) is 0.379. The number of aryl methyl sites for hydroxylation is 2. The van der Waals surface area contributed by atoms with Gasteiger partial charge in [0.25, 0.3) is 5.91 Å². The number of thioether (sulfide) groups is 1. The number of hydrogen-bond donors (Lipinski definition) is 2. The van der Waals surface area contributed by atoms with Crippen molar-refractivity contribution in [3.63, 3.8) is 0 Å². The Balaban J connectivity index is 1.51. The van der Waals surface area contributed by atoms with Crippen LogP contribution in [0.25, 0.3) is 11.1 Å². The Morgan fingerprint density at radius 2 is 1.73 bits per heavy atom. The molecule has 2 heterocycles. The number of carbonyl (C=O) groups excluding carboxylic acids is 1. The van der Waals surface area contributed by atoms with Crippen molar-refractivity contribution in [2.75, 3.05) is 0 Å². The smallest absolute Gasteiger partial charge is 0.261 e. The minimum atomic E-state index is -0.123. The molecule has 1 atom stereocenters. The number of carbonyl (C=O) groups is 1. The topological polar surface area (TPSA) is 83.6 Å². The number of amides is 1. The summed E-state index contributed by atoms with van der Waals surface area (Å²) in [6.45, 7) is 15.8. The first-order valence-electron chi connectivity index (χ1n) is 12.5. The quantitative estimate of drug-likeness (QED) is 0.233. The van der Waals surface area contributed by atoms with E-state index in [-0.39, 0.29) is 23.1 Å². The zero-order chi connectivity index (χ0) is 26.7. The number of hydrogen-bond acceptors (Lipinski definition) is 6. The number of aromatic amines is 1. The summed E-state index contributed by atoms with van der Waals surface area (Å²) in [6, 6.07) is 17.6. The molecule has 4 aromatic rings. The number of rotatable bonds is 8. The summed E-state index contributed by atoms with van der Waals surface area (Å²) in [5.74, 6) is 0.742. The monoisotopic (exact) mass is 533 g/mol. The summed E-state index contributed by atoms with van der Waals surface area (Å²) >= 11 is 3.42. The average Bonchev–Trinajstić information content (AvgIpc) is 3.53. The molecule has 2 N–H and O–H groups in total. The Morgan fingerprint density at radius 3 is 2.30 bits per heavy atom. The van der Waals surface area contributed by atoms with Crippen molar-refractivity contribution >= 4 is 29.0 Å². The molecule has 0 saturated heterocycles. The first kappa shape index (κ1) is 27.1. The number of H-pyrrole nitrogens is 1. The van der Waals surface area contributed by atoms with Crippen LogP contribution in [0, 0.1) is 19.8 Å². The third-order valence-corrected chi connectivity index (χ3v) is 9.22. The fourth-order valence-electron chi connectivity index (χ4n) is 4.38. The number of aromatic nitrogens is 4. The molecule has 2 aromatic carbocycles. The molecular weight excluding hydrogens is 498 g/mol. The van der Waals surface area contributed by atoms with E-state index < -0.39 is 0 Å². The summed E-state index contributed by atoms with van der Waals surface area (Å²) in [7, 11) is 0. The lowest BCUT2D eigenvalue weighted by molar-refractivity contribution is 0.0954. The highest BCUT2D eigenvalue weighted by molar-refractivity contribution is 7.99. The van der Waals surface area contributed by atoms with Crippen LogP contribution in [0.1, 0.15) is 76.9 Å². The summed E-state index contributed by atoms with van der Waals surface area (Å²) in [5.41, 5.74) is 6.61. The maximum absolute atomic E-state index is 12.6. The predicted octanol–water partition coefficient (Wildman–Crippen LogP) is 7.26. The van der Waals surface area contributed by atoms with Crippen molar-refractivity contribution in [3.05, 3.63) is 80.8 Å². The van der Waals surface area contributed by atoms with Gasteiger partial charge in [-0.05, 0) is 77.3 Å². The van der Waals surface area contributed by atoms with E-state index in [0.717, 1.165) is 0 Å². The SMILES string of the molecule is Cc1cc(SC(c2ccc(C(=O)NCc3nn[nH]n3)s2)C(C)C)cc(C)c1-c1ccc(C(C)(C)C)cc1. The van der Waals surface area contributed by atoms with E-state index in [1.165, 1.54) is 37.6 Å². The number of nitrogens with one attached hydrogen (secondary N) is 2. The summed E-state index contributed by atoms with van der Waals surface area (Å²) < 4.78 is 0. The lowest BCUT2D eigenvalue weighted by Crippen LogP contribution is -2.22. The van der Waals surface area contributed by atoms with Crippen LogP contribution in [0.3, 0.4) is 0 Å². The molecule has 8 heteroatoms. The maximum Gasteiger partial charge on any atom is 0.261 e. The molecule has 194 valence electrons. The van der Waals surface area contributed by atoms with Gasteiger partial charge in [-0.25, -0.2) is 0 Å². The molecule has 0 radical (unpaired) electrons. The largest absolute Gasteiger partial charge is 0.344 e. The van der Waals surface area contributed by atoms with Crippen molar-refractivity contribution in [3.8, 4) is 11.1 Å². The highest BCUT2D eigenvalue weighted by Crippen LogP contribution is 2.45. The molecule has 6 nitrogen and oxygen atoms in total. The van der Waals surface area contributed by atoms with Crippen LogP contribution < -0.4 is 5.32 Å². The van der Waals surface area contributed by atoms with Crippen molar-refractivity contribution in [2.45, 2.75) is 70.6 Å². The second-order valence-corrected chi connectivity index (χ2v) is 13.1. The molecule has 0 aliphatic carbocycles. The van der Waals surface area contributed by atoms with Gasteiger partial charge in [0.2, 0.25) is 0 Å². The van der Waals surface area contributed by atoms with Gasteiger partial charge >= 0.3 is 0 Å². The Kier molecular flexibility index (Phi) is 8.19. The lowest BCUT2D eigenvalue weighted by atomic mass is 9.85. The second kappa shape index (κ2) is 11.2. The molecule has 0 saturated carbocycles. The summed E-state index contributed by atoms with van der Waals surface area (Å²) in [6.07, 6.45) is 0. The Labute approximate surface area is 227 Å². The molecule has 0 aliphatic heterocycles. The van der Waals surface area contributed by atoms with Gasteiger partial charge in [0.05, 0.1) is 11.4 Å². The molecule has 0 bridgehead atoms. The molecule has 37 heavy (non-hydrogen) atoms. The summed E-state index contributed by atoms with van der Waals surface area (Å²) in [4.78, 5) is 15.8. The maximum atomic E-state index is 12.6. The molecule has 4 rings (SSSR count). The van der Waals surface area contributed by atoms with Crippen LogP contribution in [0.4, 0.5) is 0 Å². The zero-order valence-electron chi connectivity index (χ0n) is 22.5. The average molecular weight is 534 g/mol. The number of thiophene rings is 1. The van der Waals surface area contributed by atoms with Crippen LogP contribution >= 0.6 is 23.1 Å². The summed E-state index contributed by atoms with van der Waals surface area (Å²) in [5, 5.41) is 16.8. The normalized spacial score (nSPS) is 12.6. The van der Waals surface area contributed by atoms with Gasteiger partial charge in [0, 0.05) is 15.0 Å². The Bertz CT molecular complexity index is 1330. The minimum Gasteiger partial charge on any atom is -0.344 e. The second-order valence-electron chi connectivity index (χ2n) is 10.8. The third-order valence-electron chi connectivity index (χ3n) is 6.34. The van der Waals surface area contributed by atoms with Crippen molar-refractivity contribution < 1.29 is 4.79 Å². The first-order chi connectivity index (χ1) is 17.5. The number of benzene rings is 2. The van der Waals surface area contributed by atoms with Crippen molar-refractivity contribution in [1.29, 1.82) is 0 Å². The standard InChI is InChI=1S/C29H35N5OS2/c1-17(2)27(23-12-13-24(37-23)28(35)30-16-25-31-33-34-32-25)36-22-14-18(3)26(19(4)15-22)20-8-10-21(11-9-20)29(5,6)7/h8-15,17,27H,16H2,1-7H3,(H,30,35)(H,31,32,33,34). The van der Waals surface area contributed by atoms with Crippen molar-refractivity contribution in [1.82, 2.24) is 25.9 Å². The Hall–Kier alpha value is -2.97. The van der Waals surface area contributed by atoms with E-state index in [1.807, 2.05) is 17.8 Å². The minimum absolute atomic E-state index is 0.123. The van der Waals surface area contributed by atoms with Crippen molar-refractivity contribution in [2.24, 2.45) is 5.92 Å². The molecule has 0 spiro atoms. The fourth-order valence-corrected chi connectivity index (χ4v) is 7.00. The van der Waals surface area contributed by atoms with E-state index in [2.05, 4.69) is 117 Å². The highest BCUT2D eigenvalue weighted by Gasteiger charge is 2.22. The van der Waals surface area contributed by atoms with E-state index in [1.54, 1.807) is 11.3 Å². The zero-order valence-corrected chi connectivity index (χ0v) is 24.2. The molecule has 2 aromatic heterocycles. The van der Waals surface area contributed by atoms with Crippen LogP contribution in [0.15, 0.2) is 53.4 Å². The van der Waals surface area contributed by atoms with E-state index >= 15 is 0 Å². The molecule has 1 amide bonds. The molecule has 0 aliphatic rings. The van der Waals surface area contributed by atoms with E-state index in [4.69, 9.17) is 0 Å².